The average molecular weight is 388 g/mol. The Labute approximate surface area is 163 Å². The van der Waals surface area contributed by atoms with E-state index in [0.29, 0.717) is 12.2 Å². The van der Waals surface area contributed by atoms with Crippen molar-refractivity contribution in [2.75, 3.05) is 20.8 Å². The lowest BCUT2D eigenvalue weighted by Gasteiger charge is -2.19. The van der Waals surface area contributed by atoms with Gasteiger partial charge in [0.05, 0.1) is 25.2 Å². The molecule has 0 aromatic heterocycles. The summed E-state index contributed by atoms with van der Waals surface area (Å²) in [6, 6.07) is 9.71. The quantitative estimate of drug-likeness (QED) is 0.521. The van der Waals surface area contributed by atoms with E-state index >= 15 is 0 Å². The lowest BCUT2D eigenvalue weighted by atomic mass is 10.0. The highest BCUT2D eigenvalue weighted by molar-refractivity contribution is 5.78. The first-order chi connectivity index (χ1) is 13.4. The fraction of sp³-hybridized carbons (Fsp3) is 0.350. The number of ether oxygens (including phenoxy) is 3. The first kappa shape index (κ1) is 21.0. The van der Waals surface area contributed by atoms with E-state index < -0.39 is 4.92 Å². The molecule has 2 aromatic carbocycles. The third-order valence-electron chi connectivity index (χ3n) is 4.28. The van der Waals surface area contributed by atoms with Gasteiger partial charge in [0.15, 0.2) is 6.61 Å². The van der Waals surface area contributed by atoms with Crippen molar-refractivity contribution in [1.29, 1.82) is 0 Å². The number of nitrogens with zero attached hydrogens (tertiary/aromatic N) is 1. The molecule has 0 bridgehead atoms. The minimum Gasteiger partial charge on any atom is -0.496 e. The zero-order chi connectivity index (χ0) is 20.7. The van der Waals surface area contributed by atoms with Crippen LogP contribution in [0, 0.1) is 17.0 Å². The summed E-state index contributed by atoms with van der Waals surface area (Å²) in [7, 11) is 2.95. The molecule has 2 rings (SSSR count). The maximum Gasteiger partial charge on any atom is 0.311 e. The number of hydrogen-bond acceptors (Lipinski definition) is 6. The van der Waals surface area contributed by atoms with Crippen LogP contribution in [-0.2, 0) is 4.79 Å². The van der Waals surface area contributed by atoms with Gasteiger partial charge in [-0.1, -0.05) is 19.1 Å². The summed E-state index contributed by atoms with van der Waals surface area (Å²) >= 11 is 0. The molecular formula is C20H24N2O6. The maximum absolute atomic E-state index is 12.3. The van der Waals surface area contributed by atoms with E-state index in [4.69, 9.17) is 14.2 Å². The summed E-state index contributed by atoms with van der Waals surface area (Å²) in [5.41, 5.74) is 1.80. The molecule has 1 N–H and O–H groups in total. The number of hydrogen-bond donors (Lipinski definition) is 1. The standard InChI is InChI=1S/C20H24N2O6/c1-5-16(14-6-9-18(26-3)13(2)10-14)21-20(23)12-28-15-7-8-17(22(24)25)19(11-15)27-4/h6-11,16H,5,12H2,1-4H3,(H,21,23). The van der Waals surface area contributed by atoms with Crippen molar-refractivity contribution in [3.05, 3.63) is 57.6 Å². The molecular weight excluding hydrogens is 364 g/mol. The molecule has 1 atom stereocenters. The summed E-state index contributed by atoms with van der Waals surface area (Å²) in [5, 5.41) is 13.9. The van der Waals surface area contributed by atoms with E-state index in [9.17, 15) is 14.9 Å². The third-order valence-corrected chi connectivity index (χ3v) is 4.28. The predicted molar refractivity (Wildman–Crippen MR) is 104 cm³/mol. The van der Waals surface area contributed by atoms with Gasteiger partial charge in [-0.15, -0.1) is 0 Å². The van der Waals surface area contributed by atoms with Gasteiger partial charge in [0.25, 0.3) is 5.91 Å². The summed E-state index contributed by atoms with van der Waals surface area (Å²) in [5.74, 6) is 0.881. The minimum absolute atomic E-state index is 0.0723. The zero-order valence-corrected chi connectivity index (χ0v) is 16.4. The molecule has 150 valence electrons. The van der Waals surface area contributed by atoms with Gasteiger partial charge >= 0.3 is 5.69 Å². The van der Waals surface area contributed by atoms with Crippen molar-refractivity contribution >= 4 is 11.6 Å². The minimum atomic E-state index is -0.544. The van der Waals surface area contributed by atoms with Crippen LogP contribution in [0.4, 0.5) is 5.69 Å². The second-order valence-corrected chi connectivity index (χ2v) is 6.14. The molecule has 8 nitrogen and oxygen atoms in total. The SMILES string of the molecule is CCC(NC(=O)COc1ccc([N+](=O)[O-])c(OC)c1)c1ccc(OC)c(C)c1. The van der Waals surface area contributed by atoms with Gasteiger partial charge in [0.1, 0.15) is 11.5 Å². The van der Waals surface area contributed by atoms with Crippen molar-refractivity contribution in [1.82, 2.24) is 5.32 Å². The van der Waals surface area contributed by atoms with E-state index in [0.717, 1.165) is 16.9 Å². The van der Waals surface area contributed by atoms with E-state index in [2.05, 4.69) is 5.32 Å². The van der Waals surface area contributed by atoms with Gasteiger partial charge < -0.3 is 19.5 Å². The molecule has 28 heavy (non-hydrogen) atoms. The molecule has 0 aliphatic carbocycles. The summed E-state index contributed by atoms with van der Waals surface area (Å²) in [6.07, 6.45) is 0.711. The topological polar surface area (TPSA) is 99.9 Å². The van der Waals surface area contributed by atoms with Crippen LogP contribution >= 0.6 is 0 Å². The summed E-state index contributed by atoms with van der Waals surface area (Å²) in [4.78, 5) is 22.7. The van der Waals surface area contributed by atoms with Crippen LogP contribution in [0.2, 0.25) is 0 Å². The van der Waals surface area contributed by atoms with Crippen molar-refractivity contribution in [3.63, 3.8) is 0 Å². The number of nitro groups is 1. The number of amides is 1. The lowest BCUT2D eigenvalue weighted by Crippen LogP contribution is -2.32. The predicted octanol–water partition coefficient (Wildman–Crippen LogP) is 3.57. The van der Waals surface area contributed by atoms with Crippen LogP contribution in [0.3, 0.4) is 0 Å². The van der Waals surface area contributed by atoms with E-state index in [1.54, 1.807) is 7.11 Å². The number of nitrogens with one attached hydrogen (secondary N) is 1. The second-order valence-electron chi connectivity index (χ2n) is 6.14. The molecule has 8 heteroatoms. The van der Waals surface area contributed by atoms with Crippen molar-refractivity contribution < 1.29 is 23.9 Å². The summed E-state index contributed by atoms with van der Waals surface area (Å²) in [6.45, 7) is 3.71. The van der Waals surface area contributed by atoms with Crippen LogP contribution in [0.25, 0.3) is 0 Å². The normalized spacial score (nSPS) is 11.4. The van der Waals surface area contributed by atoms with Crippen LogP contribution in [0.1, 0.15) is 30.5 Å². The Hall–Kier alpha value is -3.29. The Kier molecular flexibility index (Phi) is 7.20. The van der Waals surface area contributed by atoms with E-state index in [1.807, 2.05) is 32.0 Å². The zero-order valence-electron chi connectivity index (χ0n) is 16.4. The van der Waals surface area contributed by atoms with Crippen molar-refractivity contribution in [2.24, 2.45) is 0 Å². The molecule has 1 amide bonds. The highest BCUT2D eigenvalue weighted by Crippen LogP contribution is 2.30. The molecule has 2 aromatic rings. The van der Waals surface area contributed by atoms with Gasteiger partial charge in [-0.25, -0.2) is 0 Å². The molecule has 0 fully saturated rings. The number of nitro benzene ring substituents is 1. The number of carbonyl (C=O) groups excluding carboxylic acids is 1. The molecule has 0 radical (unpaired) electrons. The second kappa shape index (κ2) is 9.59. The van der Waals surface area contributed by atoms with Crippen molar-refractivity contribution in [3.8, 4) is 17.2 Å². The fourth-order valence-electron chi connectivity index (χ4n) is 2.82. The Balaban J connectivity index is 2.01. The molecule has 0 saturated carbocycles. The number of aryl methyl sites for hydroxylation is 1. The van der Waals surface area contributed by atoms with Gasteiger partial charge in [-0.3, -0.25) is 14.9 Å². The largest absolute Gasteiger partial charge is 0.496 e. The maximum atomic E-state index is 12.3. The van der Waals surface area contributed by atoms with Gasteiger partial charge in [0, 0.05) is 12.1 Å². The van der Waals surface area contributed by atoms with Gasteiger partial charge in [-0.05, 0) is 36.6 Å². The highest BCUT2D eigenvalue weighted by atomic mass is 16.6. The van der Waals surface area contributed by atoms with Crippen LogP contribution in [0.5, 0.6) is 17.2 Å². The molecule has 0 heterocycles. The molecule has 0 spiro atoms. The highest BCUT2D eigenvalue weighted by Gasteiger charge is 2.17. The number of benzene rings is 2. The van der Waals surface area contributed by atoms with Crippen LogP contribution in [0.15, 0.2) is 36.4 Å². The fourth-order valence-corrected chi connectivity index (χ4v) is 2.82. The van der Waals surface area contributed by atoms with Gasteiger partial charge in [0.2, 0.25) is 5.75 Å². The first-order valence-electron chi connectivity index (χ1n) is 8.78. The third kappa shape index (κ3) is 5.12. The Morgan fingerprint density at radius 1 is 1.14 bits per heavy atom. The molecule has 0 aliphatic rings. The lowest BCUT2D eigenvalue weighted by molar-refractivity contribution is -0.385. The molecule has 1 unspecified atom stereocenters. The number of methoxy groups -OCH3 is 2. The Bertz CT molecular complexity index is 853. The molecule has 0 saturated heterocycles. The molecule has 0 aliphatic heterocycles. The van der Waals surface area contributed by atoms with Crippen molar-refractivity contribution in [2.45, 2.75) is 26.3 Å². The number of carbonyl (C=O) groups is 1. The Morgan fingerprint density at radius 3 is 2.43 bits per heavy atom. The Morgan fingerprint density at radius 2 is 1.86 bits per heavy atom. The average Bonchev–Trinajstić information content (AvgIpc) is 2.69. The smallest absolute Gasteiger partial charge is 0.311 e. The van der Waals surface area contributed by atoms with E-state index in [1.165, 1.54) is 25.3 Å². The van der Waals surface area contributed by atoms with Crippen LogP contribution in [-0.4, -0.2) is 31.7 Å². The first-order valence-corrected chi connectivity index (χ1v) is 8.78. The van der Waals surface area contributed by atoms with Gasteiger partial charge in [-0.2, -0.15) is 0 Å². The van der Waals surface area contributed by atoms with Crippen LogP contribution < -0.4 is 19.5 Å². The monoisotopic (exact) mass is 388 g/mol. The number of rotatable bonds is 9. The summed E-state index contributed by atoms with van der Waals surface area (Å²) < 4.78 is 15.7. The van der Waals surface area contributed by atoms with E-state index in [-0.39, 0.29) is 30.0 Å².